The number of benzene rings is 1. The van der Waals surface area contributed by atoms with Crippen LogP contribution in [-0.4, -0.2) is 23.0 Å². The molecular formula is C17H15N3O2. The van der Waals surface area contributed by atoms with E-state index in [2.05, 4.69) is 20.0 Å². The van der Waals surface area contributed by atoms with Gasteiger partial charge in [0.2, 0.25) is 0 Å². The van der Waals surface area contributed by atoms with Crippen molar-refractivity contribution in [3.63, 3.8) is 0 Å². The van der Waals surface area contributed by atoms with Gasteiger partial charge in [0.15, 0.2) is 0 Å². The molecule has 0 aliphatic heterocycles. The molecule has 1 N–H and O–H groups in total. The summed E-state index contributed by atoms with van der Waals surface area (Å²) in [7, 11) is 1.34. The van der Waals surface area contributed by atoms with Crippen LogP contribution in [0.4, 0.5) is 11.6 Å². The zero-order valence-corrected chi connectivity index (χ0v) is 12.3. The van der Waals surface area contributed by atoms with E-state index in [4.69, 9.17) is 0 Å². The molecule has 0 saturated carbocycles. The number of pyridine rings is 2. The third kappa shape index (κ3) is 2.74. The summed E-state index contributed by atoms with van der Waals surface area (Å²) in [5.41, 5.74) is 2.48. The Morgan fingerprint density at radius 3 is 2.68 bits per heavy atom. The fraction of sp³-hybridized carbons (Fsp3) is 0.118. The summed E-state index contributed by atoms with van der Waals surface area (Å²) < 4.78 is 4.65. The van der Waals surface area contributed by atoms with Crippen molar-refractivity contribution < 1.29 is 9.53 Å². The summed E-state index contributed by atoms with van der Waals surface area (Å²) in [6.07, 6.45) is 1.47. The molecular weight excluding hydrogens is 278 g/mol. The highest BCUT2D eigenvalue weighted by molar-refractivity contribution is 5.89. The first-order valence-electron chi connectivity index (χ1n) is 6.85. The number of hydrogen-bond donors (Lipinski definition) is 1. The predicted octanol–water partition coefficient (Wildman–Crippen LogP) is 3.47. The first kappa shape index (κ1) is 14.0. The molecule has 0 aliphatic rings. The number of carbonyl (C=O) groups excluding carboxylic acids is 1. The molecule has 0 fully saturated rings. The Kier molecular flexibility index (Phi) is 3.70. The number of methoxy groups -OCH3 is 1. The van der Waals surface area contributed by atoms with Crippen molar-refractivity contribution in [1.82, 2.24) is 9.97 Å². The van der Waals surface area contributed by atoms with E-state index in [1.54, 1.807) is 12.1 Å². The molecule has 0 bridgehead atoms. The van der Waals surface area contributed by atoms with Crippen molar-refractivity contribution in [2.24, 2.45) is 0 Å². The van der Waals surface area contributed by atoms with Crippen LogP contribution in [0.5, 0.6) is 0 Å². The standard InChI is InChI=1S/C17H15N3O2/c1-11-9-16(19-14-6-4-3-5-13(11)14)20-15-8-7-12(10-18-15)17(21)22-2/h3-10H,1-2H3,(H,18,19,20). The number of aromatic nitrogens is 2. The second-order valence-corrected chi connectivity index (χ2v) is 4.89. The van der Waals surface area contributed by atoms with Gasteiger partial charge in [-0.3, -0.25) is 0 Å². The van der Waals surface area contributed by atoms with Crippen LogP contribution < -0.4 is 5.32 Å². The average molecular weight is 293 g/mol. The number of nitrogens with zero attached hydrogens (tertiary/aromatic N) is 2. The third-order valence-corrected chi connectivity index (χ3v) is 3.36. The van der Waals surface area contributed by atoms with E-state index in [1.807, 2.05) is 37.3 Å². The lowest BCUT2D eigenvalue weighted by molar-refractivity contribution is 0.0600. The molecule has 0 unspecified atom stereocenters. The SMILES string of the molecule is COC(=O)c1ccc(Nc2cc(C)c3ccccc3n2)nc1. The minimum atomic E-state index is -0.404. The van der Waals surface area contributed by atoms with Crippen molar-refractivity contribution in [2.45, 2.75) is 6.92 Å². The molecule has 0 amide bonds. The van der Waals surface area contributed by atoms with Crippen molar-refractivity contribution in [2.75, 3.05) is 12.4 Å². The number of nitrogens with one attached hydrogen (secondary N) is 1. The highest BCUT2D eigenvalue weighted by Gasteiger charge is 2.07. The second kappa shape index (κ2) is 5.81. The minimum absolute atomic E-state index is 0.404. The number of esters is 1. The summed E-state index contributed by atoms with van der Waals surface area (Å²) in [5, 5.41) is 4.27. The van der Waals surface area contributed by atoms with Gasteiger partial charge in [-0.25, -0.2) is 14.8 Å². The maximum absolute atomic E-state index is 11.4. The molecule has 3 aromatic rings. The van der Waals surface area contributed by atoms with Crippen LogP contribution in [-0.2, 0) is 4.74 Å². The lowest BCUT2D eigenvalue weighted by Gasteiger charge is -2.08. The molecule has 0 radical (unpaired) electrons. The molecule has 0 spiro atoms. The molecule has 2 aromatic heterocycles. The summed E-state index contributed by atoms with van der Waals surface area (Å²) in [4.78, 5) is 20.1. The first-order valence-corrected chi connectivity index (χ1v) is 6.85. The molecule has 110 valence electrons. The van der Waals surface area contributed by atoms with Gasteiger partial charge in [0.05, 0.1) is 18.2 Å². The second-order valence-electron chi connectivity index (χ2n) is 4.89. The van der Waals surface area contributed by atoms with E-state index in [0.29, 0.717) is 11.4 Å². The van der Waals surface area contributed by atoms with Crippen LogP contribution in [0.15, 0.2) is 48.7 Å². The maximum Gasteiger partial charge on any atom is 0.339 e. The van der Waals surface area contributed by atoms with E-state index in [9.17, 15) is 4.79 Å². The fourth-order valence-corrected chi connectivity index (χ4v) is 2.25. The van der Waals surface area contributed by atoms with Gasteiger partial charge in [-0.1, -0.05) is 18.2 Å². The predicted molar refractivity (Wildman–Crippen MR) is 85.3 cm³/mol. The van der Waals surface area contributed by atoms with Crippen LogP contribution in [0.1, 0.15) is 15.9 Å². The first-order chi connectivity index (χ1) is 10.7. The minimum Gasteiger partial charge on any atom is -0.465 e. The van der Waals surface area contributed by atoms with Crippen LogP contribution >= 0.6 is 0 Å². The third-order valence-electron chi connectivity index (χ3n) is 3.36. The summed E-state index contributed by atoms with van der Waals surface area (Å²) in [6, 6.07) is 13.3. The smallest absolute Gasteiger partial charge is 0.339 e. The van der Waals surface area contributed by atoms with Gasteiger partial charge in [-0.2, -0.15) is 0 Å². The van der Waals surface area contributed by atoms with Crippen LogP contribution in [0.3, 0.4) is 0 Å². The number of hydrogen-bond acceptors (Lipinski definition) is 5. The normalized spacial score (nSPS) is 10.5. The summed E-state index contributed by atoms with van der Waals surface area (Å²) >= 11 is 0. The van der Waals surface area contributed by atoms with Crippen LogP contribution in [0.2, 0.25) is 0 Å². The Morgan fingerprint density at radius 1 is 1.14 bits per heavy atom. The van der Waals surface area contributed by atoms with Gasteiger partial charge in [-0.15, -0.1) is 0 Å². The Morgan fingerprint density at radius 2 is 1.95 bits per heavy atom. The monoisotopic (exact) mass is 293 g/mol. The number of rotatable bonds is 3. The molecule has 3 rings (SSSR count). The van der Waals surface area contributed by atoms with Crippen molar-refractivity contribution in [1.29, 1.82) is 0 Å². The van der Waals surface area contributed by atoms with E-state index >= 15 is 0 Å². The lowest BCUT2D eigenvalue weighted by atomic mass is 10.1. The summed E-state index contributed by atoms with van der Waals surface area (Å²) in [6.45, 7) is 2.04. The number of fused-ring (bicyclic) bond motifs is 1. The number of anilines is 2. The highest BCUT2D eigenvalue weighted by atomic mass is 16.5. The van der Waals surface area contributed by atoms with Gasteiger partial charge >= 0.3 is 5.97 Å². The average Bonchev–Trinajstić information content (AvgIpc) is 2.55. The Hall–Kier alpha value is -2.95. The number of ether oxygens (including phenoxy) is 1. The lowest BCUT2D eigenvalue weighted by Crippen LogP contribution is -2.03. The molecule has 0 saturated heterocycles. The van der Waals surface area contributed by atoms with Crippen LogP contribution in [0.25, 0.3) is 10.9 Å². The summed E-state index contributed by atoms with van der Waals surface area (Å²) in [5.74, 6) is 0.933. The zero-order valence-electron chi connectivity index (χ0n) is 12.3. The number of para-hydroxylation sites is 1. The Balaban J connectivity index is 1.88. The van der Waals surface area contributed by atoms with E-state index < -0.39 is 5.97 Å². The molecule has 5 nitrogen and oxygen atoms in total. The van der Waals surface area contributed by atoms with Gasteiger partial charge in [-0.05, 0) is 36.8 Å². The highest BCUT2D eigenvalue weighted by Crippen LogP contribution is 2.21. The molecule has 0 atom stereocenters. The van der Waals surface area contributed by atoms with Crippen molar-refractivity contribution in [3.8, 4) is 0 Å². The quantitative estimate of drug-likeness (QED) is 0.749. The Bertz CT molecular complexity index is 829. The molecule has 2 heterocycles. The van der Waals surface area contributed by atoms with Gasteiger partial charge < -0.3 is 10.1 Å². The van der Waals surface area contributed by atoms with E-state index in [1.165, 1.54) is 13.3 Å². The molecule has 5 heteroatoms. The Labute approximate surface area is 128 Å². The largest absolute Gasteiger partial charge is 0.465 e. The fourth-order valence-electron chi connectivity index (χ4n) is 2.25. The topological polar surface area (TPSA) is 64.1 Å². The van der Waals surface area contributed by atoms with E-state index in [0.717, 1.165) is 22.3 Å². The van der Waals surface area contributed by atoms with Gasteiger partial charge in [0.1, 0.15) is 11.6 Å². The number of carbonyl (C=O) groups is 1. The van der Waals surface area contributed by atoms with E-state index in [-0.39, 0.29) is 0 Å². The molecule has 1 aromatic carbocycles. The van der Waals surface area contributed by atoms with Gasteiger partial charge in [0.25, 0.3) is 0 Å². The van der Waals surface area contributed by atoms with Crippen LogP contribution in [0, 0.1) is 6.92 Å². The number of aryl methyl sites for hydroxylation is 1. The maximum atomic E-state index is 11.4. The molecule has 22 heavy (non-hydrogen) atoms. The van der Waals surface area contributed by atoms with Gasteiger partial charge in [0, 0.05) is 11.6 Å². The molecule has 0 aliphatic carbocycles. The van der Waals surface area contributed by atoms with Crippen molar-refractivity contribution in [3.05, 3.63) is 59.8 Å². The van der Waals surface area contributed by atoms with Crippen molar-refractivity contribution >= 4 is 28.5 Å². The zero-order chi connectivity index (χ0) is 15.5.